The number of hydrogen-bond donors (Lipinski definition) is 1. The van der Waals surface area contributed by atoms with Crippen LogP contribution in [-0.4, -0.2) is 37.8 Å². The molecule has 2 rings (SSSR count). The van der Waals surface area contributed by atoms with Crippen molar-refractivity contribution in [1.29, 1.82) is 0 Å². The number of hydrogen-bond acceptors (Lipinski definition) is 4. The van der Waals surface area contributed by atoms with Crippen LogP contribution in [-0.2, 0) is 16.6 Å². The molecular weight excluding hydrogens is 238 g/mol. The van der Waals surface area contributed by atoms with Crippen LogP contribution in [0.2, 0.25) is 0 Å². The predicted octanol–water partition coefficient (Wildman–Crippen LogP) is 0.584. The van der Waals surface area contributed by atoms with Crippen LogP contribution >= 0.6 is 0 Å². The first kappa shape index (κ1) is 12.5. The highest BCUT2D eigenvalue weighted by molar-refractivity contribution is 7.89. The van der Waals surface area contributed by atoms with Crippen LogP contribution < -0.4 is 5.32 Å². The highest BCUT2D eigenvalue weighted by atomic mass is 32.2. The van der Waals surface area contributed by atoms with Gasteiger partial charge in [-0.1, -0.05) is 6.07 Å². The molecule has 0 atom stereocenters. The number of sulfonamides is 1. The molecule has 1 aliphatic rings. The molecule has 6 heteroatoms. The molecule has 0 unspecified atom stereocenters. The molecule has 1 aromatic heterocycles. The van der Waals surface area contributed by atoms with Crippen molar-refractivity contribution in [2.24, 2.45) is 0 Å². The van der Waals surface area contributed by atoms with Gasteiger partial charge in [-0.15, -0.1) is 0 Å². The number of aromatic nitrogens is 1. The first-order valence-corrected chi connectivity index (χ1v) is 7.07. The van der Waals surface area contributed by atoms with Crippen LogP contribution in [0.25, 0.3) is 0 Å². The maximum atomic E-state index is 12.1. The summed E-state index contributed by atoms with van der Waals surface area (Å²) in [5, 5.41) is 3.12. The van der Waals surface area contributed by atoms with Gasteiger partial charge in [-0.25, -0.2) is 13.4 Å². The van der Waals surface area contributed by atoms with Gasteiger partial charge in [0, 0.05) is 25.8 Å². The second kappa shape index (κ2) is 4.72. The molecule has 1 aromatic rings. The van der Waals surface area contributed by atoms with Gasteiger partial charge in [-0.05, 0) is 31.5 Å². The minimum atomic E-state index is -3.41. The van der Waals surface area contributed by atoms with Gasteiger partial charge < -0.3 is 5.32 Å². The summed E-state index contributed by atoms with van der Waals surface area (Å²) in [7, 11) is 0.0544. The molecule has 1 saturated carbocycles. The molecule has 1 aliphatic carbocycles. The monoisotopic (exact) mass is 255 g/mol. The van der Waals surface area contributed by atoms with Crippen molar-refractivity contribution in [3.8, 4) is 0 Å². The summed E-state index contributed by atoms with van der Waals surface area (Å²) in [5.74, 6) is 0. The second-order valence-corrected chi connectivity index (χ2v) is 6.23. The molecule has 17 heavy (non-hydrogen) atoms. The molecule has 0 aliphatic heterocycles. The van der Waals surface area contributed by atoms with Gasteiger partial charge in [0.1, 0.15) is 0 Å². The molecular formula is C11H17N3O2S. The van der Waals surface area contributed by atoms with Crippen LogP contribution in [0.3, 0.4) is 0 Å². The topological polar surface area (TPSA) is 62.3 Å². The van der Waals surface area contributed by atoms with E-state index in [0.29, 0.717) is 6.54 Å². The first-order valence-electron chi connectivity index (χ1n) is 5.63. The van der Waals surface area contributed by atoms with Crippen LogP contribution in [0.1, 0.15) is 18.4 Å². The fourth-order valence-electron chi connectivity index (χ4n) is 1.65. The Labute approximate surface area is 102 Å². The molecule has 5 nitrogen and oxygen atoms in total. The average molecular weight is 255 g/mol. The fourth-order valence-corrected chi connectivity index (χ4v) is 2.98. The molecule has 0 aromatic carbocycles. The van der Waals surface area contributed by atoms with E-state index < -0.39 is 10.0 Å². The zero-order valence-corrected chi connectivity index (χ0v) is 10.9. The van der Waals surface area contributed by atoms with E-state index in [1.165, 1.54) is 4.31 Å². The third-order valence-electron chi connectivity index (χ3n) is 2.88. The minimum Gasteiger partial charge on any atom is -0.316 e. The summed E-state index contributed by atoms with van der Waals surface area (Å²) in [6, 6.07) is 3.52. The fraction of sp³-hybridized carbons (Fsp3) is 0.545. The molecule has 1 fully saturated rings. The number of rotatable bonds is 5. The summed E-state index contributed by atoms with van der Waals surface area (Å²) in [4.78, 5) is 4.03. The van der Waals surface area contributed by atoms with Crippen molar-refractivity contribution in [3.05, 3.63) is 23.9 Å². The highest BCUT2D eigenvalue weighted by Crippen LogP contribution is 2.29. The Morgan fingerprint density at radius 3 is 2.65 bits per heavy atom. The third-order valence-corrected chi connectivity index (χ3v) is 4.71. The van der Waals surface area contributed by atoms with Gasteiger partial charge in [0.2, 0.25) is 0 Å². The first-order chi connectivity index (χ1) is 8.05. The Hall–Kier alpha value is -0.980. The molecule has 0 saturated heterocycles. The summed E-state index contributed by atoms with van der Waals surface area (Å²) in [6.07, 6.45) is 3.51. The zero-order chi connectivity index (χ0) is 12.5. The SMILES string of the molecule is CNCc1ccc(S(=O)(=O)N(C)C2CC2)nc1. The molecule has 0 spiro atoms. The van der Waals surface area contributed by atoms with Gasteiger partial charge in [0.15, 0.2) is 5.03 Å². The lowest BCUT2D eigenvalue weighted by Crippen LogP contribution is -2.29. The van der Waals surface area contributed by atoms with Crippen LogP contribution in [0.4, 0.5) is 0 Å². The quantitative estimate of drug-likeness (QED) is 0.836. The van der Waals surface area contributed by atoms with Crippen LogP contribution in [0, 0.1) is 0 Å². The van der Waals surface area contributed by atoms with E-state index in [1.54, 1.807) is 25.4 Å². The van der Waals surface area contributed by atoms with Crippen molar-refractivity contribution in [2.75, 3.05) is 14.1 Å². The number of nitrogens with zero attached hydrogens (tertiary/aromatic N) is 2. The van der Waals surface area contributed by atoms with Gasteiger partial charge in [0.05, 0.1) is 0 Å². The van der Waals surface area contributed by atoms with E-state index >= 15 is 0 Å². The Balaban J connectivity index is 2.20. The van der Waals surface area contributed by atoms with Gasteiger partial charge >= 0.3 is 0 Å². The Kier molecular flexibility index (Phi) is 3.46. The van der Waals surface area contributed by atoms with Crippen molar-refractivity contribution in [2.45, 2.75) is 30.5 Å². The maximum Gasteiger partial charge on any atom is 0.260 e. The average Bonchev–Trinajstić information content (AvgIpc) is 3.13. The lowest BCUT2D eigenvalue weighted by molar-refractivity contribution is 0.461. The number of nitrogens with one attached hydrogen (secondary N) is 1. The normalized spacial score (nSPS) is 16.4. The third kappa shape index (κ3) is 2.65. The van der Waals surface area contributed by atoms with Crippen molar-refractivity contribution >= 4 is 10.0 Å². The highest BCUT2D eigenvalue weighted by Gasteiger charge is 2.35. The minimum absolute atomic E-state index is 0.131. The van der Waals surface area contributed by atoms with Gasteiger partial charge in [-0.3, -0.25) is 0 Å². The van der Waals surface area contributed by atoms with Crippen molar-refractivity contribution in [1.82, 2.24) is 14.6 Å². The van der Waals surface area contributed by atoms with E-state index in [0.717, 1.165) is 18.4 Å². The van der Waals surface area contributed by atoms with Crippen LogP contribution in [0.15, 0.2) is 23.4 Å². The number of pyridine rings is 1. The Morgan fingerprint density at radius 1 is 1.47 bits per heavy atom. The zero-order valence-electron chi connectivity index (χ0n) is 10.0. The molecule has 0 bridgehead atoms. The lowest BCUT2D eigenvalue weighted by Gasteiger charge is -2.15. The summed E-state index contributed by atoms with van der Waals surface area (Å²) in [5.41, 5.74) is 0.973. The molecule has 1 heterocycles. The van der Waals surface area contributed by atoms with E-state index in [9.17, 15) is 8.42 Å². The molecule has 94 valence electrons. The molecule has 0 radical (unpaired) electrons. The molecule has 0 amide bonds. The largest absolute Gasteiger partial charge is 0.316 e. The standard InChI is InChI=1S/C11H17N3O2S/c1-12-7-9-3-6-11(13-8-9)17(15,16)14(2)10-4-5-10/h3,6,8,10,12H,4-5,7H2,1-2H3. The van der Waals surface area contributed by atoms with E-state index in [-0.39, 0.29) is 11.1 Å². The summed E-state index contributed by atoms with van der Waals surface area (Å²) < 4.78 is 25.7. The summed E-state index contributed by atoms with van der Waals surface area (Å²) >= 11 is 0. The lowest BCUT2D eigenvalue weighted by atomic mass is 10.3. The Bertz CT molecular complexity index is 480. The predicted molar refractivity (Wildman–Crippen MR) is 65.0 cm³/mol. The van der Waals surface area contributed by atoms with E-state index in [2.05, 4.69) is 10.3 Å². The van der Waals surface area contributed by atoms with E-state index in [1.807, 2.05) is 7.05 Å². The smallest absolute Gasteiger partial charge is 0.260 e. The van der Waals surface area contributed by atoms with E-state index in [4.69, 9.17) is 0 Å². The van der Waals surface area contributed by atoms with Gasteiger partial charge in [0.25, 0.3) is 10.0 Å². The Morgan fingerprint density at radius 2 is 2.18 bits per heavy atom. The van der Waals surface area contributed by atoms with Gasteiger partial charge in [-0.2, -0.15) is 4.31 Å². The van der Waals surface area contributed by atoms with Crippen LogP contribution in [0.5, 0.6) is 0 Å². The summed E-state index contributed by atoms with van der Waals surface area (Å²) in [6.45, 7) is 0.686. The van der Waals surface area contributed by atoms with Crippen molar-refractivity contribution < 1.29 is 8.42 Å². The second-order valence-electron chi connectivity index (χ2n) is 4.29. The van der Waals surface area contributed by atoms with Crippen molar-refractivity contribution in [3.63, 3.8) is 0 Å². The maximum absolute atomic E-state index is 12.1. The molecule has 1 N–H and O–H groups in total.